The molecular formula is C12H20N2O2. The van der Waals surface area contributed by atoms with Gasteiger partial charge in [0.1, 0.15) is 0 Å². The maximum absolute atomic E-state index is 9.98. The standard InChI is InChI=1S/C12H20N2O2/c1-9-10(5-4-6-13-9)11(16)7-14-12(2,3)8-15/h4-6,11,14-16H,7-8H2,1-3H3/t11-/m0/s1. The fourth-order valence-electron chi connectivity index (χ4n) is 1.39. The summed E-state index contributed by atoms with van der Waals surface area (Å²) >= 11 is 0. The molecule has 0 unspecified atom stereocenters. The normalized spacial score (nSPS) is 13.8. The molecular weight excluding hydrogens is 204 g/mol. The van der Waals surface area contributed by atoms with Gasteiger partial charge in [0.2, 0.25) is 0 Å². The Morgan fingerprint density at radius 3 is 2.75 bits per heavy atom. The highest BCUT2D eigenvalue weighted by Gasteiger charge is 2.18. The number of β-amino-alcohol motifs (C(OH)–C–C–N with tert-alkyl or cyclic N) is 1. The third-order valence-corrected chi connectivity index (χ3v) is 2.58. The van der Waals surface area contributed by atoms with Gasteiger partial charge in [0.25, 0.3) is 0 Å². The van der Waals surface area contributed by atoms with Gasteiger partial charge in [-0.3, -0.25) is 4.98 Å². The summed E-state index contributed by atoms with van der Waals surface area (Å²) in [6, 6.07) is 3.67. The highest BCUT2D eigenvalue weighted by atomic mass is 16.3. The third-order valence-electron chi connectivity index (χ3n) is 2.58. The number of nitrogens with one attached hydrogen (secondary N) is 1. The Kier molecular flexibility index (Phi) is 4.41. The first kappa shape index (κ1) is 13.1. The van der Waals surface area contributed by atoms with E-state index < -0.39 is 6.10 Å². The predicted molar refractivity (Wildman–Crippen MR) is 63.1 cm³/mol. The maximum atomic E-state index is 9.98. The Labute approximate surface area is 96.3 Å². The number of hydrogen-bond donors (Lipinski definition) is 3. The Morgan fingerprint density at radius 1 is 1.50 bits per heavy atom. The Hall–Kier alpha value is -0.970. The van der Waals surface area contributed by atoms with E-state index in [-0.39, 0.29) is 12.1 Å². The van der Waals surface area contributed by atoms with Crippen molar-refractivity contribution >= 4 is 0 Å². The van der Waals surface area contributed by atoms with Gasteiger partial charge in [-0.2, -0.15) is 0 Å². The molecule has 1 aromatic heterocycles. The van der Waals surface area contributed by atoms with Crippen LogP contribution in [-0.2, 0) is 0 Å². The fourth-order valence-corrected chi connectivity index (χ4v) is 1.39. The lowest BCUT2D eigenvalue weighted by molar-refractivity contribution is 0.135. The molecule has 1 rings (SSSR count). The molecule has 0 aliphatic carbocycles. The van der Waals surface area contributed by atoms with Crippen LogP contribution in [0.2, 0.25) is 0 Å². The fraction of sp³-hybridized carbons (Fsp3) is 0.583. The van der Waals surface area contributed by atoms with Gasteiger partial charge in [-0.1, -0.05) is 6.07 Å². The monoisotopic (exact) mass is 224 g/mol. The molecule has 0 saturated heterocycles. The van der Waals surface area contributed by atoms with E-state index in [1.807, 2.05) is 32.9 Å². The van der Waals surface area contributed by atoms with Crippen LogP contribution in [0.5, 0.6) is 0 Å². The number of nitrogens with zero attached hydrogens (tertiary/aromatic N) is 1. The van der Waals surface area contributed by atoms with Crippen LogP contribution in [0.25, 0.3) is 0 Å². The Bertz CT molecular complexity index is 340. The molecule has 1 atom stereocenters. The summed E-state index contributed by atoms with van der Waals surface area (Å²) in [5.41, 5.74) is 1.28. The second kappa shape index (κ2) is 5.39. The molecule has 0 aromatic carbocycles. The molecule has 0 aliphatic heterocycles. The minimum Gasteiger partial charge on any atom is -0.394 e. The third kappa shape index (κ3) is 3.56. The van der Waals surface area contributed by atoms with Gasteiger partial charge >= 0.3 is 0 Å². The lowest BCUT2D eigenvalue weighted by atomic mass is 10.0. The molecule has 3 N–H and O–H groups in total. The Morgan fingerprint density at radius 2 is 2.19 bits per heavy atom. The van der Waals surface area contributed by atoms with E-state index in [2.05, 4.69) is 10.3 Å². The van der Waals surface area contributed by atoms with Gasteiger partial charge in [-0.25, -0.2) is 0 Å². The van der Waals surface area contributed by atoms with Gasteiger partial charge in [0.15, 0.2) is 0 Å². The van der Waals surface area contributed by atoms with Crippen LogP contribution < -0.4 is 5.32 Å². The highest BCUT2D eigenvalue weighted by molar-refractivity contribution is 5.21. The molecule has 0 spiro atoms. The summed E-state index contributed by atoms with van der Waals surface area (Å²) in [6.07, 6.45) is 1.11. The van der Waals surface area contributed by atoms with Crippen molar-refractivity contribution in [1.82, 2.24) is 10.3 Å². The minimum atomic E-state index is -0.598. The van der Waals surface area contributed by atoms with E-state index in [0.29, 0.717) is 6.54 Å². The maximum Gasteiger partial charge on any atom is 0.0932 e. The van der Waals surface area contributed by atoms with E-state index in [9.17, 15) is 5.11 Å². The first-order valence-corrected chi connectivity index (χ1v) is 5.42. The molecule has 0 saturated carbocycles. The number of aromatic nitrogens is 1. The van der Waals surface area contributed by atoms with Gasteiger partial charge < -0.3 is 15.5 Å². The minimum absolute atomic E-state index is 0.0335. The molecule has 1 aromatic rings. The lowest BCUT2D eigenvalue weighted by Gasteiger charge is -2.25. The van der Waals surface area contributed by atoms with Gasteiger partial charge in [0.05, 0.1) is 12.7 Å². The molecule has 4 heteroatoms. The highest BCUT2D eigenvalue weighted by Crippen LogP contribution is 2.15. The second-order valence-electron chi connectivity index (χ2n) is 4.62. The summed E-state index contributed by atoms with van der Waals surface area (Å²) in [4.78, 5) is 4.13. The van der Waals surface area contributed by atoms with Crippen molar-refractivity contribution in [2.24, 2.45) is 0 Å². The summed E-state index contributed by atoms with van der Waals surface area (Å²) in [6.45, 7) is 6.08. The zero-order valence-electron chi connectivity index (χ0n) is 10.1. The number of aryl methyl sites for hydroxylation is 1. The number of aliphatic hydroxyl groups is 2. The zero-order valence-corrected chi connectivity index (χ0v) is 10.1. The number of aliphatic hydroxyl groups excluding tert-OH is 2. The summed E-state index contributed by atoms with van der Waals surface area (Å²) in [5, 5.41) is 22.2. The van der Waals surface area contributed by atoms with Crippen molar-refractivity contribution in [3.05, 3.63) is 29.6 Å². The summed E-state index contributed by atoms with van der Waals surface area (Å²) < 4.78 is 0. The van der Waals surface area contributed by atoms with Crippen LogP contribution in [0, 0.1) is 6.92 Å². The van der Waals surface area contributed by atoms with Crippen LogP contribution >= 0.6 is 0 Å². The summed E-state index contributed by atoms with van der Waals surface area (Å²) in [7, 11) is 0. The van der Waals surface area contributed by atoms with Gasteiger partial charge in [0, 0.05) is 29.5 Å². The molecule has 4 nitrogen and oxygen atoms in total. The van der Waals surface area contributed by atoms with E-state index in [1.165, 1.54) is 0 Å². The van der Waals surface area contributed by atoms with Crippen molar-refractivity contribution < 1.29 is 10.2 Å². The van der Waals surface area contributed by atoms with Crippen molar-refractivity contribution in [2.75, 3.05) is 13.2 Å². The van der Waals surface area contributed by atoms with E-state index >= 15 is 0 Å². The first-order valence-electron chi connectivity index (χ1n) is 5.42. The van der Waals surface area contributed by atoms with Crippen LogP contribution in [0.1, 0.15) is 31.2 Å². The van der Waals surface area contributed by atoms with E-state index in [1.54, 1.807) is 6.20 Å². The van der Waals surface area contributed by atoms with Gasteiger partial charge in [-0.05, 0) is 26.8 Å². The lowest BCUT2D eigenvalue weighted by Crippen LogP contribution is -2.44. The number of rotatable bonds is 5. The predicted octanol–water partition coefficient (Wildman–Crippen LogP) is 0.784. The van der Waals surface area contributed by atoms with Gasteiger partial charge in [-0.15, -0.1) is 0 Å². The van der Waals surface area contributed by atoms with Crippen molar-refractivity contribution in [3.8, 4) is 0 Å². The Balaban J connectivity index is 2.60. The molecule has 0 fully saturated rings. The molecule has 0 radical (unpaired) electrons. The average Bonchev–Trinajstić information content (AvgIpc) is 2.27. The van der Waals surface area contributed by atoms with Crippen LogP contribution in [0.3, 0.4) is 0 Å². The smallest absolute Gasteiger partial charge is 0.0932 e. The SMILES string of the molecule is Cc1ncccc1[C@@H](O)CNC(C)(C)CO. The van der Waals surface area contributed by atoms with Crippen molar-refractivity contribution in [3.63, 3.8) is 0 Å². The molecule has 0 amide bonds. The molecule has 0 aliphatic rings. The van der Waals surface area contributed by atoms with Crippen LogP contribution in [0.4, 0.5) is 0 Å². The second-order valence-corrected chi connectivity index (χ2v) is 4.62. The number of pyridine rings is 1. The average molecular weight is 224 g/mol. The molecule has 1 heterocycles. The van der Waals surface area contributed by atoms with Crippen LogP contribution in [-0.4, -0.2) is 33.9 Å². The van der Waals surface area contributed by atoms with E-state index in [4.69, 9.17) is 5.11 Å². The molecule has 90 valence electrons. The zero-order chi connectivity index (χ0) is 12.2. The largest absolute Gasteiger partial charge is 0.394 e. The first-order chi connectivity index (χ1) is 7.46. The molecule has 16 heavy (non-hydrogen) atoms. The topological polar surface area (TPSA) is 65.4 Å². The van der Waals surface area contributed by atoms with E-state index in [0.717, 1.165) is 11.3 Å². The summed E-state index contributed by atoms with van der Waals surface area (Å²) in [5.74, 6) is 0. The van der Waals surface area contributed by atoms with Crippen molar-refractivity contribution in [2.45, 2.75) is 32.4 Å². The quantitative estimate of drug-likeness (QED) is 0.691. The van der Waals surface area contributed by atoms with Crippen molar-refractivity contribution in [1.29, 1.82) is 0 Å². The van der Waals surface area contributed by atoms with Crippen LogP contribution in [0.15, 0.2) is 18.3 Å². The molecule has 0 bridgehead atoms. The number of hydrogen-bond acceptors (Lipinski definition) is 4.